The molecule has 1 aromatic rings. The van der Waals surface area contributed by atoms with Gasteiger partial charge in [0.2, 0.25) is 5.91 Å². The first kappa shape index (κ1) is 16.0. The van der Waals surface area contributed by atoms with Crippen LogP contribution in [0.1, 0.15) is 38.2 Å². The van der Waals surface area contributed by atoms with Crippen molar-refractivity contribution in [2.75, 3.05) is 5.43 Å². The Labute approximate surface area is 118 Å². The number of aliphatic carboxylic acids is 1. The van der Waals surface area contributed by atoms with Gasteiger partial charge < -0.3 is 10.8 Å². The fourth-order valence-electron chi connectivity index (χ4n) is 1.57. The molecule has 0 bridgehead atoms. The summed E-state index contributed by atoms with van der Waals surface area (Å²) in [6.07, 6.45) is 0.166. The molecule has 0 aliphatic rings. The summed E-state index contributed by atoms with van der Waals surface area (Å²) in [6, 6.07) is 6.71. The smallest absolute Gasteiger partial charge is 0.320 e. The summed E-state index contributed by atoms with van der Waals surface area (Å²) in [4.78, 5) is 22.0. The van der Waals surface area contributed by atoms with Crippen molar-refractivity contribution < 1.29 is 14.7 Å². The number of carbonyl (C=O) groups is 2. The molecule has 110 valence electrons. The van der Waals surface area contributed by atoms with Gasteiger partial charge in [-0.3, -0.25) is 20.4 Å². The number of carbonyl (C=O) groups excluding carboxylic acids is 1. The van der Waals surface area contributed by atoms with Gasteiger partial charge in [-0.15, -0.1) is 0 Å². The van der Waals surface area contributed by atoms with Gasteiger partial charge in [0, 0.05) is 6.42 Å². The zero-order valence-electron chi connectivity index (χ0n) is 11.7. The van der Waals surface area contributed by atoms with Gasteiger partial charge in [0.25, 0.3) is 0 Å². The van der Waals surface area contributed by atoms with Crippen LogP contribution in [0.4, 0.5) is 5.69 Å². The third-order valence-electron chi connectivity index (χ3n) is 2.92. The highest BCUT2D eigenvalue weighted by atomic mass is 16.4. The molecule has 1 amide bonds. The zero-order valence-corrected chi connectivity index (χ0v) is 11.7. The van der Waals surface area contributed by atoms with Crippen LogP contribution in [-0.2, 0) is 9.59 Å². The van der Waals surface area contributed by atoms with E-state index in [1.807, 2.05) is 24.3 Å². The molecule has 6 nitrogen and oxygen atoms in total. The number of carboxylic acid groups (broad SMARTS) is 1. The Hall–Kier alpha value is -2.08. The van der Waals surface area contributed by atoms with Crippen molar-refractivity contribution >= 4 is 17.6 Å². The summed E-state index contributed by atoms with van der Waals surface area (Å²) in [7, 11) is 0. The number of hydrogen-bond donors (Lipinski definition) is 4. The minimum absolute atomic E-state index is 0.0601. The van der Waals surface area contributed by atoms with Crippen LogP contribution < -0.4 is 16.6 Å². The maximum Gasteiger partial charge on any atom is 0.320 e. The van der Waals surface area contributed by atoms with Crippen molar-refractivity contribution in [2.45, 2.75) is 38.6 Å². The second kappa shape index (κ2) is 7.49. The number of anilines is 1. The molecule has 0 radical (unpaired) electrons. The van der Waals surface area contributed by atoms with Crippen LogP contribution in [-0.4, -0.2) is 23.0 Å². The number of nitrogens with two attached hydrogens (primary N) is 1. The third-order valence-corrected chi connectivity index (χ3v) is 2.92. The summed E-state index contributed by atoms with van der Waals surface area (Å²) in [5.74, 6) is -0.944. The predicted molar refractivity (Wildman–Crippen MR) is 77.1 cm³/mol. The minimum atomic E-state index is -1.10. The van der Waals surface area contributed by atoms with Crippen molar-refractivity contribution in [2.24, 2.45) is 5.73 Å². The molecule has 5 N–H and O–H groups in total. The van der Waals surface area contributed by atoms with E-state index >= 15 is 0 Å². The van der Waals surface area contributed by atoms with E-state index in [1.165, 1.54) is 5.56 Å². The molecule has 1 rings (SSSR count). The average molecular weight is 279 g/mol. The standard InChI is InChI=1S/C14H21N3O3/c1-9(2)10-3-5-11(6-4-10)16-17-13(18)8-7-12(15)14(19)20/h3-6,9,12,16H,7-8,15H2,1-2H3,(H,17,18)(H,19,20)/t12-/m0/s1. The maximum atomic E-state index is 11.5. The minimum Gasteiger partial charge on any atom is -0.480 e. The first-order chi connectivity index (χ1) is 9.40. The van der Waals surface area contributed by atoms with Gasteiger partial charge >= 0.3 is 5.97 Å². The van der Waals surface area contributed by atoms with Crippen molar-refractivity contribution in [1.82, 2.24) is 5.43 Å². The van der Waals surface area contributed by atoms with Crippen molar-refractivity contribution in [3.05, 3.63) is 29.8 Å². The van der Waals surface area contributed by atoms with E-state index < -0.39 is 12.0 Å². The first-order valence-corrected chi connectivity index (χ1v) is 6.53. The van der Waals surface area contributed by atoms with E-state index in [9.17, 15) is 9.59 Å². The Kier molecular flexibility index (Phi) is 5.99. The molecule has 0 heterocycles. The maximum absolute atomic E-state index is 11.5. The molecule has 6 heteroatoms. The van der Waals surface area contributed by atoms with Gasteiger partial charge in [-0.25, -0.2) is 0 Å². The van der Waals surface area contributed by atoms with Crippen LogP contribution in [0.15, 0.2) is 24.3 Å². The van der Waals surface area contributed by atoms with Gasteiger partial charge in [0.15, 0.2) is 0 Å². The monoisotopic (exact) mass is 279 g/mol. The molecular weight excluding hydrogens is 258 g/mol. The highest BCUT2D eigenvalue weighted by molar-refractivity contribution is 5.79. The molecular formula is C14H21N3O3. The Morgan fingerprint density at radius 3 is 2.35 bits per heavy atom. The van der Waals surface area contributed by atoms with Gasteiger partial charge in [-0.05, 0) is 30.0 Å². The van der Waals surface area contributed by atoms with E-state index in [0.29, 0.717) is 5.92 Å². The predicted octanol–water partition coefficient (Wildman–Crippen LogP) is 1.45. The molecule has 0 saturated carbocycles. The van der Waals surface area contributed by atoms with E-state index in [4.69, 9.17) is 10.8 Å². The highest BCUT2D eigenvalue weighted by Crippen LogP contribution is 2.16. The fraction of sp³-hybridized carbons (Fsp3) is 0.429. The Morgan fingerprint density at radius 1 is 1.25 bits per heavy atom. The molecule has 0 fully saturated rings. The summed E-state index contributed by atoms with van der Waals surface area (Å²) < 4.78 is 0. The molecule has 20 heavy (non-hydrogen) atoms. The number of amides is 1. The summed E-state index contributed by atoms with van der Waals surface area (Å²) in [5, 5.41) is 8.60. The Balaban J connectivity index is 2.35. The quantitative estimate of drug-likeness (QED) is 0.565. The number of hydrazine groups is 1. The lowest BCUT2D eigenvalue weighted by molar-refractivity contribution is -0.138. The fourth-order valence-corrected chi connectivity index (χ4v) is 1.57. The molecule has 1 aromatic carbocycles. The average Bonchev–Trinajstić information content (AvgIpc) is 2.42. The second-order valence-corrected chi connectivity index (χ2v) is 4.93. The lowest BCUT2D eigenvalue weighted by Crippen LogP contribution is -2.34. The van der Waals surface area contributed by atoms with Crippen molar-refractivity contribution in [3.63, 3.8) is 0 Å². The topological polar surface area (TPSA) is 104 Å². The van der Waals surface area contributed by atoms with Crippen LogP contribution in [0.25, 0.3) is 0 Å². The van der Waals surface area contributed by atoms with E-state index in [0.717, 1.165) is 5.69 Å². The van der Waals surface area contributed by atoms with Gasteiger partial charge in [0.1, 0.15) is 6.04 Å². The van der Waals surface area contributed by atoms with Gasteiger partial charge in [-0.1, -0.05) is 26.0 Å². The summed E-state index contributed by atoms with van der Waals surface area (Å²) >= 11 is 0. The number of rotatable bonds is 7. The molecule has 0 aromatic heterocycles. The molecule has 0 unspecified atom stereocenters. The van der Waals surface area contributed by atoms with Gasteiger partial charge in [0.05, 0.1) is 5.69 Å². The highest BCUT2D eigenvalue weighted by Gasteiger charge is 2.13. The van der Waals surface area contributed by atoms with Crippen LogP contribution in [0, 0.1) is 0 Å². The van der Waals surface area contributed by atoms with E-state index in [-0.39, 0.29) is 18.7 Å². The van der Waals surface area contributed by atoms with Crippen molar-refractivity contribution in [1.29, 1.82) is 0 Å². The third kappa shape index (κ3) is 5.27. The summed E-state index contributed by atoms with van der Waals surface area (Å²) in [6.45, 7) is 4.21. The van der Waals surface area contributed by atoms with E-state index in [1.54, 1.807) is 0 Å². The lowest BCUT2D eigenvalue weighted by atomic mass is 10.0. The second-order valence-electron chi connectivity index (χ2n) is 4.93. The van der Waals surface area contributed by atoms with Crippen LogP contribution in [0.3, 0.4) is 0 Å². The summed E-state index contributed by atoms with van der Waals surface area (Å²) in [5.41, 5.74) is 12.6. The number of carboxylic acids is 1. The zero-order chi connectivity index (χ0) is 15.1. The van der Waals surface area contributed by atoms with Crippen LogP contribution >= 0.6 is 0 Å². The first-order valence-electron chi connectivity index (χ1n) is 6.53. The Bertz CT molecular complexity index is 457. The number of nitrogens with one attached hydrogen (secondary N) is 2. The molecule has 0 aliphatic carbocycles. The van der Waals surface area contributed by atoms with Crippen LogP contribution in [0.2, 0.25) is 0 Å². The normalized spacial score (nSPS) is 12.0. The number of hydrogen-bond acceptors (Lipinski definition) is 4. The molecule has 0 saturated heterocycles. The molecule has 1 atom stereocenters. The van der Waals surface area contributed by atoms with Gasteiger partial charge in [-0.2, -0.15) is 0 Å². The molecule has 0 aliphatic heterocycles. The van der Waals surface area contributed by atoms with E-state index in [2.05, 4.69) is 24.7 Å². The largest absolute Gasteiger partial charge is 0.480 e. The van der Waals surface area contributed by atoms with Crippen molar-refractivity contribution in [3.8, 4) is 0 Å². The van der Waals surface area contributed by atoms with Crippen LogP contribution in [0.5, 0.6) is 0 Å². The Morgan fingerprint density at radius 2 is 1.85 bits per heavy atom. The SMILES string of the molecule is CC(C)c1ccc(NNC(=O)CC[C@H](N)C(=O)O)cc1. The lowest BCUT2D eigenvalue weighted by Gasteiger charge is -2.11. The molecule has 0 spiro atoms. The number of benzene rings is 1.